The molecule has 1 aliphatic heterocycles. The third-order valence-corrected chi connectivity index (χ3v) is 4.88. The van der Waals surface area contributed by atoms with Crippen molar-refractivity contribution in [1.82, 2.24) is 19.8 Å². The van der Waals surface area contributed by atoms with Crippen LogP contribution in [0.5, 0.6) is 0 Å². The normalized spacial score (nSPS) is 15.0. The summed E-state index contributed by atoms with van der Waals surface area (Å²) in [5.74, 6) is -0.0437. The van der Waals surface area contributed by atoms with E-state index in [0.717, 1.165) is 11.3 Å². The zero-order valence-corrected chi connectivity index (χ0v) is 15.5. The minimum atomic E-state index is -0.587. The van der Waals surface area contributed by atoms with Gasteiger partial charge in [0.2, 0.25) is 5.91 Å². The third-order valence-electron chi connectivity index (χ3n) is 4.88. The Morgan fingerprint density at radius 3 is 2.12 bits per heavy atom. The number of hydrogen-bond acceptors (Lipinski definition) is 4. The van der Waals surface area contributed by atoms with Gasteiger partial charge in [-0.25, -0.2) is 4.98 Å². The van der Waals surface area contributed by atoms with E-state index in [2.05, 4.69) is 9.97 Å². The Bertz CT molecular complexity index is 779. The van der Waals surface area contributed by atoms with Gasteiger partial charge in [0.15, 0.2) is 0 Å². The molecular formula is C20H24N4O2. The monoisotopic (exact) mass is 352 g/mol. The number of nitrogens with zero attached hydrogens (tertiary/aromatic N) is 4. The third kappa shape index (κ3) is 3.59. The molecule has 6 heteroatoms. The highest BCUT2D eigenvalue weighted by Crippen LogP contribution is 2.26. The maximum absolute atomic E-state index is 13.0. The first kappa shape index (κ1) is 18.0. The van der Waals surface area contributed by atoms with Crippen LogP contribution in [0, 0.1) is 6.92 Å². The summed E-state index contributed by atoms with van der Waals surface area (Å²) >= 11 is 0. The van der Waals surface area contributed by atoms with Crippen molar-refractivity contribution in [3.63, 3.8) is 0 Å². The Morgan fingerprint density at radius 2 is 1.54 bits per heavy atom. The van der Waals surface area contributed by atoms with Gasteiger partial charge in [-0.15, -0.1) is 0 Å². The van der Waals surface area contributed by atoms with E-state index in [1.54, 1.807) is 11.1 Å². The van der Waals surface area contributed by atoms with Gasteiger partial charge in [-0.05, 0) is 26.3 Å². The first-order valence-corrected chi connectivity index (χ1v) is 8.82. The number of aryl methyl sites for hydroxylation is 1. The van der Waals surface area contributed by atoms with Gasteiger partial charge in [0.25, 0.3) is 5.91 Å². The molecule has 6 nitrogen and oxygen atoms in total. The molecule has 0 aliphatic carbocycles. The average molecular weight is 352 g/mol. The number of hydrogen-bond donors (Lipinski definition) is 0. The maximum Gasteiger partial charge on any atom is 0.274 e. The van der Waals surface area contributed by atoms with Gasteiger partial charge in [0, 0.05) is 32.4 Å². The minimum absolute atomic E-state index is 0.0888. The second-order valence-electron chi connectivity index (χ2n) is 7.12. The minimum Gasteiger partial charge on any atom is -0.338 e. The van der Waals surface area contributed by atoms with E-state index in [0.29, 0.717) is 31.9 Å². The predicted molar refractivity (Wildman–Crippen MR) is 98.7 cm³/mol. The number of carbonyl (C=O) groups is 2. The molecule has 1 fully saturated rings. The number of rotatable bonds is 3. The molecule has 136 valence electrons. The Labute approximate surface area is 153 Å². The van der Waals surface area contributed by atoms with Crippen LogP contribution in [-0.2, 0) is 10.2 Å². The lowest BCUT2D eigenvalue weighted by Gasteiger charge is -2.38. The van der Waals surface area contributed by atoms with Crippen LogP contribution in [0.25, 0.3) is 0 Å². The van der Waals surface area contributed by atoms with E-state index < -0.39 is 5.41 Å². The SMILES string of the molecule is Cc1cnc(C(=O)N2CCN(C(=O)C(C)(C)c3ccccc3)CC2)cn1. The molecule has 26 heavy (non-hydrogen) atoms. The first-order chi connectivity index (χ1) is 12.4. The van der Waals surface area contributed by atoms with Crippen LogP contribution in [0.4, 0.5) is 0 Å². The number of aromatic nitrogens is 2. The van der Waals surface area contributed by atoms with Crippen LogP contribution in [0.15, 0.2) is 42.7 Å². The summed E-state index contributed by atoms with van der Waals surface area (Å²) < 4.78 is 0. The summed E-state index contributed by atoms with van der Waals surface area (Å²) in [6, 6.07) is 9.80. The number of carbonyl (C=O) groups excluding carboxylic acids is 2. The van der Waals surface area contributed by atoms with Crippen molar-refractivity contribution < 1.29 is 9.59 Å². The van der Waals surface area contributed by atoms with Gasteiger partial charge < -0.3 is 9.80 Å². The summed E-state index contributed by atoms with van der Waals surface area (Å²) in [5.41, 5.74) is 1.54. The smallest absolute Gasteiger partial charge is 0.274 e. The lowest BCUT2D eigenvalue weighted by molar-refractivity contribution is -0.137. The molecule has 0 spiro atoms. The molecule has 2 amide bonds. The van der Waals surface area contributed by atoms with Crippen molar-refractivity contribution in [3.8, 4) is 0 Å². The molecule has 1 aromatic heterocycles. The van der Waals surface area contributed by atoms with Crippen LogP contribution < -0.4 is 0 Å². The van der Waals surface area contributed by atoms with Gasteiger partial charge >= 0.3 is 0 Å². The number of benzene rings is 1. The van der Waals surface area contributed by atoms with Crippen LogP contribution >= 0.6 is 0 Å². The predicted octanol–water partition coefficient (Wildman–Crippen LogP) is 2.05. The summed E-state index contributed by atoms with van der Waals surface area (Å²) in [5, 5.41) is 0. The second-order valence-corrected chi connectivity index (χ2v) is 7.12. The Balaban J connectivity index is 1.64. The quantitative estimate of drug-likeness (QED) is 0.848. The van der Waals surface area contributed by atoms with Crippen LogP contribution in [0.2, 0.25) is 0 Å². The van der Waals surface area contributed by atoms with E-state index in [1.165, 1.54) is 6.20 Å². The maximum atomic E-state index is 13.0. The second kappa shape index (κ2) is 7.23. The van der Waals surface area contributed by atoms with E-state index in [-0.39, 0.29) is 11.8 Å². The molecule has 0 N–H and O–H groups in total. The molecule has 0 radical (unpaired) electrons. The summed E-state index contributed by atoms with van der Waals surface area (Å²) in [6.07, 6.45) is 3.10. The van der Waals surface area contributed by atoms with Crippen LogP contribution in [0.1, 0.15) is 35.6 Å². The molecule has 0 unspecified atom stereocenters. The Morgan fingerprint density at radius 1 is 0.923 bits per heavy atom. The van der Waals surface area contributed by atoms with Crippen molar-refractivity contribution in [2.24, 2.45) is 0 Å². The fourth-order valence-corrected chi connectivity index (χ4v) is 3.15. The van der Waals surface area contributed by atoms with Gasteiger partial charge in [0.05, 0.1) is 17.3 Å². The molecule has 2 heterocycles. The fraction of sp³-hybridized carbons (Fsp3) is 0.400. The topological polar surface area (TPSA) is 66.4 Å². The fourth-order valence-electron chi connectivity index (χ4n) is 3.15. The highest BCUT2D eigenvalue weighted by molar-refractivity contribution is 5.92. The molecule has 1 aliphatic rings. The van der Waals surface area contributed by atoms with Gasteiger partial charge in [-0.2, -0.15) is 0 Å². The summed E-state index contributed by atoms with van der Waals surface area (Å²) in [7, 11) is 0. The van der Waals surface area contributed by atoms with Crippen molar-refractivity contribution in [2.45, 2.75) is 26.2 Å². The highest BCUT2D eigenvalue weighted by Gasteiger charge is 2.35. The van der Waals surface area contributed by atoms with Crippen LogP contribution in [-0.4, -0.2) is 57.8 Å². The van der Waals surface area contributed by atoms with E-state index >= 15 is 0 Å². The number of amides is 2. The molecule has 0 atom stereocenters. The van der Waals surface area contributed by atoms with Gasteiger partial charge in [-0.3, -0.25) is 14.6 Å². The molecule has 1 aromatic carbocycles. The lowest BCUT2D eigenvalue weighted by Crippen LogP contribution is -2.54. The largest absolute Gasteiger partial charge is 0.338 e. The standard InChI is InChI=1S/C20H24N4O2/c1-15-13-22-17(14-21-15)18(25)23-9-11-24(12-10-23)19(26)20(2,3)16-7-5-4-6-8-16/h4-8,13-14H,9-12H2,1-3H3. The summed E-state index contributed by atoms with van der Waals surface area (Å²) in [4.78, 5) is 37.4. The molecule has 0 bridgehead atoms. The zero-order chi connectivity index (χ0) is 18.7. The summed E-state index contributed by atoms with van der Waals surface area (Å²) in [6.45, 7) is 7.80. The average Bonchev–Trinajstić information content (AvgIpc) is 2.68. The van der Waals surface area contributed by atoms with E-state index in [4.69, 9.17) is 0 Å². The van der Waals surface area contributed by atoms with Crippen LogP contribution in [0.3, 0.4) is 0 Å². The van der Waals surface area contributed by atoms with Crippen molar-refractivity contribution in [1.29, 1.82) is 0 Å². The van der Waals surface area contributed by atoms with Crippen molar-refractivity contribution >= 4 is 11.8 Å². The Hall–Kier alpha value is -2.76. The molecule has 0 saturated carbocycles. The zero-order valence-electron chi connectivity index (χ0n) is 15.5. The molecule has 1 saturated heterocycles. The lowest BCUT2D eigenvalue weighted by atomic mass is 9.83. The first-order valence-electron chi connectivity index (χ1n) is 8.82. The molecular weight excluding hydrogens is 328 g/mol. The Kier molecular flexibility index (Phi) is 5.02. The van der Waals surface area contributed by atoms with Gasteiger partial charge in [-0.1, -0.05) is 30.3 Å². The highest BCUT2D eigenvalue weighted by atomic mass is 16.2. The van der Waals surface area contributed by atoms with Crippen molar-refractivity contribution in [2.75, 3.05) is 26.2 Å². The van der Waals surface area contributed by atoms with E-state index in [9.17, 15) is 9.59 Å². The van der Waals surface area contributed by atoms with E-state index in [1.807, 2.05) is 56.0 Å². The molecule has 2 aromatic rings. The number of piperazine rings is 1. The van der Waals surface area contributed by atoms with Crippen molar-refractivity contribution in [3.05, 3.63) is 59.7 Å². The van der Waals surface area contributed by atoms with Gasteiger partial charge in [0.1, 0.15) is 5.69 Å². The molecule has 3 rings (SSSR count).